The lowest BCUT2D eigenvalue weighted by atomic mass is 9.89. The largest absolute Gasteiger partial charge is 0.311 e. The quantitative estimate of drug-likeness (QED) is 0.893. The lowest BCUT2D eigenvalue weighted by Crippen LogP contribution is -2.63. The number of rotatable bonds is 4. The molecule has 1 N–H and O–H groups in total. The van der Waals surface area contributed by atoms with E-state index in [0.717, 1.165) is 19.0 Å². The third-order valence-electron chi connectivity index (χ3n) is 4.84. The second-order valence-corrected chi connectivity index (χ2v) is 8.75. The topological polar surface area (TPSA) is 15.3 Å². The molecule has 1 aliphatic carbocycles. The van der Waals surface area contributed by atoms with E-state index < -0.39 is 0 Å². The summed E-state index contributed by atoms with van der Waals surface area (Å²) in [6.07, 6.45) is 4.06. The minimum atomic E-state index is 0.363. The smallest absolute Gasteiger partial charge is 0.0701 e. The van der Waals surface area contributed by atoms with Crippen molar-refractivity contribution in [2.45, 2.75) is 51.2 Å². The van der Waals surface area contributed by atoms with Crippen LogP contribution in [0.2, 0.25) is 0 Å². The minimum Gasteiger partial charge on any atom is -0.311 e. The first-order valence-corrected chi connectivity index (χ1v) is 8.95. The average Bonchev–Trinajstić information content (AvgIpc) is 3.17. The molecular formula is C15H23BrN2S. The lowest BCUT2D eigenvalue weighted by molar-refractivity contribution is 0.0279. The van der Waals surface area contributed by atoms with Gasteiger partial charge in [0, 0.05) is 36.1 Å². The molecule has 0 radical (unpaired) electrons. The summed E-state index contributed by atoms with van der Waals surface area (Å²) in [6.45, 7) is 8.22. The molecule has 1 saturated carbocycles. The van der Waals surface area contributed by atoms with Crippen LogP contribution < -0.4 is 5.32 Å². The van der Waals surface area contributed by atoms with Crippen molar-refractivity contribution < 1.29 is 0 Å². The number of piperazine rings is 1. The summed E-state index contributed by atoms with van der Waals surface area (Å²) in [6, 6.07) is 5.11. The summed E-state index contributed by atoms with van der Waals surface area (Å²) < 4.78 is 1.25. The van der Waals surface area contributed by atoms with Gasteiger partial charge in [0.2, 0.25) is 0 Å². The highest BCUT2D eigenvalue weighted by atomic mass is 79.9. The Bertz CT molecular complexity index is 443. The van der Waals surface area contributed by atoms with E-state index in [9.17, 15) is 0 Å². The van der Waals surface area contributed by atoms with Crippen LogP contribution in [0.3, 0.4) is 0 Å². The molecule has 2 heterocycles. The molecule has 1 aromatic rings. The number of hydrogen-bond donors (Lipinski definition) is 1. The molecule has 106 valence electrons. The van der Waals surface area contributed by atoms with E-state index in [0.29, 0.717) is 11.6 Å². The molecule has 1 aliphatic heterocycles. The van der Waals surface area contributed by atoms with Crippen molar-refractivity contribution in [3.8, 4) is 0 Å². The average molecular weight is 343 g/mol. The molecule has 2 atom stereocenters. The minimum absolute atomic E-state index is 0.363. The number of thiophene rings is 1. The van der Waals surface area contributed by atoms with E-state index >= 15 is 0 Å². The Morgan fingerprint density at radius 2 is 2.26 bits per heavy atom. The van der Waals surface area contributed by atoms with E-state index in [1.165, 1.54) is 34.5 Å². The van der Waals surface area contributed by atoms with Crippen LogP contribution in [0.15, 0.2) is 15.9 Å². The predicted octanol–water partition coefficient (Wildman–Crippen LogP) is 3.86. The molecule has 3 rings (SSSR count). The molecule has 2 unspecified atom stereocenters. The van der Waals surface area contributed by atoms with E-state index in [1.807, 2.05) is 11.3 Å². The number of hydrogen-bond acceptors (Lipinski definition) is 3. The first-order valence-electron chi connectivity index (χ1n) is 7.34. The van der Waals surface area contributed by atoms with Crippen LogP contribution in [0.4, 0.5) is 0 Å². The SMILES string of the molecule is CCC1CN(Cc2ccc(Br)s2)C(C)(C2CC2)CN1. The summed E-state index contributed by atoms with van der Waals surface area (Å²) >= 11 is 5.46. The fraction of sp³-hybridized carbons (Fsp3) is 0.733. The molecule has 1 aromatic heterocycles. The first kappa shape index (κ1) is 14.1. The highest BCUT2D eigenvalue weighted by molar-refractivity contribution is 9.11. The van der Waals surface area contributed by atoms with E-state index in [-0.39, 0.29) is 0 Å². The van der Waals surface area contributed by atoms with Gasteiger partial charge in [-0.1, -0.05) is 6.92 Å². The van der Waals surface area contributed by atoms with Gasteiger partial charge in [0.05, 0.1) is 3.79 Å². The van der Waals surface area contributed by atoms with Gasteiger partial charge in [-0.05, 0) is 60.2 Å². The molecular weight excluding hydrogens is 320 g/mol. The van der Waals surface area contributed by atoms with Gasteiger partial charge in [-0.15, -0.1) is 11.3 Å². The zero-order valence-electron chi connectivity index (χ0n) is 11.8. The Morgan fingerprint density at radius 1 is 1.47 bits per heavy atom. The van der Waals surface area contributed by atoms with Gasteiger partial charge < -0.3 is 5.32 Å². The Kier molecular flexibility index (Phi) is 4.05. The van der Waals surface area contributed by atoms with Crippen molar-refractivity contribution >= 4 is 27.3 Å². The van der Waals surface area contributed by atoms with Crippen LogP contribution in [0.25, 0.3) is 0 Å². The maximum atomic E-state index is 3.75. The van der Waals surface area contributed by atoms with Crippen molar-refractivity contribution in [1.82, 2.24) is 10.2 Å². The van der Waals surface area contributed by atoms with Gasteiger partial charge in [0.1, 0.15) is 0 Å². The van der Waals surface area contributed by atoms with Crippen LogP contribution in [0, 0.1) is 5.92 Å². The first-order chi connectivity index (χ1) is 9.11. The van der Waals surface area contributed by atoms with E-state index in [1.54, 1.807) is 0 Å². The van der Waals surface area contributed by atoms with E-state index in [4.69, 9.17) is 0 Å². The van der Waals surface area contributed by atoms with Gasteiger partial charge in [-0.2, -0.15) is 0 Å². The van der Waals surface area contributed by atoms with Crippen LogP contribution in [-0.4, -0.2) is 29.6 Å². The second kappa shape index (κ2) is 5.47. The summed E-state index contributed by atoms with van der Waals surface area (Å²) in [5.74, 6) is 0.904. The molecule has 0 aromatic carbocycles. The van der Waals surface area contributed by atoms with Crippen molar-refractivity contribution in [1.29, 1.82) is 0 Å². The molecule has 19 heavy (non-hydrogen) atoms. The maximum absolute atomic E-state index is 3.75. The summed E-state index contributed by atoms with van der Waals surface area (Å²) in [4.78, 5) is 4.23. The predicted molar refractivity (Wildman–Crippen MR) is 85.6 cm³/mol. The highest BCUT2D eigenvalue weighted by Crippen LogP contribution is 2.44. The number of halogens is 1. The zero-order chi connectivity index (χ0) is 13.5. The van der Waals surface area contributed by atoms with Crippen molar-refractivity contribution in [2.75, 3.05) is 13.1 Å². The van der Waals surface area contributed by atoms with Gasteiger partial charge >= 0.3 is 0 Å². The van der Waals surface area contributed by atoms with Gasteiger partial charge in [-0.25, -0.2) is 0 Å². The van der Waals surface area contributed by atoms with Crippen LogP contribution in [0.1, 0.15) is 38.0 Å². The number of nitrogens with one attached hydrogen (secondary N) is 1. The van der Waals surface area contributed by atoms with Crippen LogP contribution in [0.5, 0.6) is 0 Å². The van der Waals surface area contributed by atoms with Gasteiger partial charge in [0.25, 0.3) is 0 Å². The fourth-order valence-corrected chi connectivity index (χ4v) is 4.75. The van der Waals surface area contributed by atoms with Crippen molar-refractivity contribution in [2.24, 2.45) is 5.92 Å². The summed E-state index contributed by atoms with van der Waals surface area (Å²) in [5.41, 5.74) is 0.363. The highest BCUT2D eigenvalue weighted by Gasteiger charge is 2.47. The Balaban J connectivity index is 1.76. The van der Waals surface area contributed by atoms with Gasteiger partial charge in [-0.3, -0.25) is 4.90 Å². The molecule has 2 fully saturated rings. The van der Waals surface area contributed by atoms with Crippen LogP contribution >= 0.6 is 27.3 Å². The Labute approximate surface area is 128 Å². The maximum Gasteiger partial charge on any atom is 0.0701 e. The van der Waals surface area contributed by atoms with Crippen LogP contribution in [-0.2, 0) is 6.54 Å². The third kappa shape index (κ3) is 2.92. The second-order valence-electron chi connectivity index (χ2n) is 6.20. The molecule has 0 spiro atoms. The normalized spacial score (nSPS) is 32.7. The molecule has 2 nitrogen and oxygen atoms in total. The Hall–Kier alpha value is 0.1000. The fourth-order valence-electron chi connectivity index (χ4n) is 3.25. The standard InChI is InChI=1S/C15H23BrN2S/c1-3-12-8-18(9-13-6-7-14(16)19-13)15(2,10-17-12)11-4-5-11/h6-7,11-12,17H,3-5,8-10H2,1-2H3. The number of nitrogens with zero attached hydrogens (tertiary/aromatic N) is 1. The van der Waals surface area contributed by atoms with Gasteiger partial charge in [0.15, 0.2) is 0 Å². The zero-order valence-corrected chi connectivity index (χ0v) is 14.2. The monoisotopic (exact) mass is 342 g/mol. The Morgan fingerprint density at radius 3 is 2.84 bits per heavy atom. The molecule has 2 aliphatic rings. The molecule has 0 bridgehead atoms. The third-order valence-corrected chi connectivity index (χ3v) is 6.45. The summed E-state index contributed by atoms with van der Waals surface area (Å²) in [7, 11) is 0. The van der Waals surface area contributed by atoms with E-state index in [2.05, 4.69) is 52.1 Å². The van der Waals surface area contributed by atoms with Crippen molar-refractivity contribution in [3.63, 3.8) is 0 Å². The molecule has 1 saturated heterocycles. The molecule has 0 amide bonds. The summed E-state index contributed by atoms with van der Waals surface area (Å²) in [5, 5.41) is 3.75. The lowest BCUT2D eigenvalue weighted by Gasteiger charge is -2.48. The molecule has 4 heteroatoms. The van der Waals surface area contributed by atoms with Crippen molar-refractivity contribution in [3.05, 3.63) is 20.8 Å².